The van der Waals surface area contributed by atoms with Crippen LogP contribution in [-0.2, 0) is 4.79 Å². The molecule has 1 aromatic rings. The van der Waals surface area contributed by atoms with Crippen LogP contribution >= 0.6 is 0 Å². The van der Waals surface area contributed by atoms with Crippen molar-refractivity contribution < 1.29 is 14.3 Å². The van der Waals surface area contributed by atoms with Gasteiger partial charge in [-0.25, -0.2) is 4.39 Å². The normalized spacial score (nSPS) is 14.1. The molecule has 0 radical (unpaired) electrons. The van der Waals surface area contributed by atoms with E-state index in [-0.39, 0.29) is 5.91 Å². The number of nitrogens with one attached hydrogen (secondary N) is 2. The zero-order valence-corrected chi connectivity index (χ0v) is 9.38. The predicted molar refractivity (Wildman–Crippen MR) is 62.3 cm³/mol. The van der Waals surface area contributed by atoms with Crippen molar-refractivity contribution >= 4 is 11.6 Å². The zero-order chi connectivity index (χ0) is 12.4. The van der Waals surface area contributed by atoms with E-state index in [1.165, 1.54) is 12.1 Å². The Kier molecular flexibility index (Phi) is 3.10. The first-order valence-electron chi connectivity index (χ1n) is 5.27. The largest absolute Gasteiger partial charge is 0.505 e. The lowest BCUT2D eigenvalue weighted by Crippen LogP contribution is -2.36. The SMILES string of the molecule is CC(C(=O)Nc1ccc(O)c(F)c1)=C1CNC1. The molecule has 1 heterocycles. The number of hydrogen-bond acceptors (Lipinski definition) is 3. The third kappa shape index (κ3) is 2.45. The molecule has 1 aliphatic heterocycles. The third-order valence-electron chi connectivity index (χ3n) is 2.75. The summed E-state index contributed by atoms with van der Waals surface area (Å²) in [4.78, 5) is 11.8. The Labute approximate surface area is 98.1 Å². The van der Waals surface area contributed by atoms with Crippen molar-refractivity contribution in [3.05, 3.63) is 35.2 Å². The van der Waals surface area contributed by atoms with Gasteiger partial charge in [0, 0.05) is 30.4 Å². The van der Waals surface area contributed by atoms with Crippen LogP contribution in [0.1, 0.15) is 6.92 Å². The van der Waals surface area contributed by atoms with Gasteiger partial charge < -0.3 is 15.7 Å². The number of halogens is 1. The molecule has 4 nitrogen and oxygen atoms in total. The molecule has 1 saturated heterocycles. The number of carbonyl (C=O) groups excluding carboxylic acids is 1. The van der Waals surface area contributed by atoms with Gasteiger partial charge in [-0.3, -0.25) is 4.79 Å². The fourth-order valence-electron chi connectivity index (χ4n) is 1.49. The van der Waals surface area contributed by atoms with E-state index in [1.807, 2.05) is 0 Å². The number of rotatable bonds is 2. The van der Waals surface area contributed by atoms with Crippen molar-refractivity contribution in [3.8, 4) is 5.75 Å². The molecule has 0 aliphatic carbocycles. The van der Waals surface area contributed by atoms with Gasteiger partial charge in [-0.05, 0) is 24.6 Å². The maximum atomic E-state index is 13.0. The van der Waals surface area contributed by atoms with Crippen LogP contribution in [0.15, 0.2) is 29.3 Å². The van der Waals surface area contributed by atoms with Crippen LogP contribution in [0.2, 0.25) is 0 Å². The summed E-state index contributed by atoms with van der Waals surface area (Å²) in [6.07, 6.45) is 0. The van der Waals surface area contributed by atoms with Gasteiger partial charge in [-0.15, -0.1) is 0 Å². The number of aromatic hydroxyl groups is 1. The average Bonchev–Trinajstić information content (AvgIpc) is 2.21. The molecule has 0 saturated carbocycles. The van der Waals surface area contributed by atoms with Crippen LogP contribution in [0.25, 0.3) is 0 Å². The maximum absolute atomic E-state index is 13.0. The van der Waals surface area contributed by atoms with E-state index in [2.05, 4.69) is 10.6 Å². The smallest absolute Gasteiger partial charge is 0.251 e. The summed E-state index contributed by atoms with van der Waals surface area (Å²) in [7, 11) is 0. The molecular formula is C12H13FN2O2. The van der Waals surface area contributed by atoms with Crippen molar-refractivity contribution in [2.75, 3.05) is 18.4 Å². The lowest BCUT2D eigenvalue weighted by molar-refractivity contribution is -0.112. The summed E-state index contributed by atoms with van der Waals surface area (Å²) in [6, 6.07) is 3.75. The first-order chi connectivity index (χ1) is 8.08. The molecular weight excluding hydrogens is 223 g/mol. The summed E-state index contributed by atoms with van der Waals surface area (Å²) < 4.78 is 13.0. The highest BCUT2D eigenvalue weighted by Gasteiger charge is 2.16. The van der Waals surface area contributed by atoms with Crippen LogP contribution < -0.4 is 10.6 Å². The number of phenolic OH excluding ortho intramolecular Hbond substituents is 1. The van der Waals surface area contributed by atoms with E-state index >= 15 is 0 Å². The molecule has 3 N–H and O–H groups in total. The fraction of sp³-hybridized carbons (Fsp3) is 0.250. The van der Waals surface area contributed by atoms with Gasteiger partial charge in [0.05, 0.1) is 0 Å². The van der Waals surface area contributed by atoms with Crippen LogP contribution in [-0.4, -0.2) is 24.1 Å². The summed E-state index contributed by atoms with van der Waals surface area (Å²) >= 11 is 0. The zero-order valence-electron chi connectivity index (χ0n) is 9.38. The molecule has 2 rings (SSSR count). The second kappa shape index (κ2) is 4.55. The summed E-state index contributed by atoms with van der Waals surface area (Å²) in [5, 5.41) is 14.6. The fourth-order valence-corrected chi connectivity index (χ4v) is 1.49. The Hall–Kier alpha value is -1.88. The Morgan fingerprint density at radius 1 is 1.47 bits per heavy atom. The minimum Gasteiger partial charge on any atom is -0.505 e. The van der Waals surface area contributed by atoms with Gasteiger partial charge in [0.25, 0.3) is 5.91 Å². The summed E-state index contributed by atoms with van der Waals surface area (Å²) in [5.41, 5.74) is 2.04. The lowest BCUT2D eigenvalue weighted by atomic mass is 10.0. The highest BCUT2D eigenvalue weighted by Crippen LogP contribution is 2.20. The molecule has 1 aliphatic rings. The quantitative estimate of drug-likeness (QED) is 0.537. The number of amides is 1. The Balaban J connectivity index is 2.10. The van der Waals surface area contributed by atoms with Crippen molar-refractivity contribution in [1.29, 1.82) is 0 Å². The van der Waals surface area contributed by atoms with Gasteiger partial charge in [-0.1, -0.05) is 0 Å². The Morgan fingerprint density at radius 3 is 2.71 bits per heavy atom. The molecule has 1 aromatic carbocycles. The van der Waals surface area contributed by atoms with Crippen LogP contribution in [0, 0.1) is 5.82 Å². The topological polar surface area (TPSA) is 61.4 Å². The minimum atomic E-state index is -0.751. The number of anilines is 1. The van der Waals surface area contributed by atoms with E-state index in [0.717, 1.165) is 24.7 Å². The first-order valence-corrected chi connectivity index (χ1v) is 5.27. The summed E-state index contributed by atoms with van der Waals surface area (Å²) in [5.74, 6) is -1.42. The number of benzene rings is 1. The standard InChI is InChI=1S/C12H13FN2O2/c1-7(8-5-14-6-8)12(17)15-9-2-3-11(16)10(13)4-9/h2-4,14,16H,5-6H2,1H3,(H,15,17). The third-order valence-corrected chi connectivity index (χ3v) is 2.75. The van der Waals surface area contributed by atoms with Gasteiger partial charge >= 0.3 is 0 Å². The summed E-state index contributed by atoms with van der Waals surface area (Å²) in [6.45, 7) is 3.19. The second-order valence-corrected chi connectivity index (χ2v) is 3.95. The average molecular weight is 236 g/mol. The number of carbonyl (C=O) groups is 1. The van der Waals surface area contributed by atoms with Crippen molar-refractivity contribution in [3.63, 3.8) is 0 Å². The maximum Gasteiger partial charge on any atom is 0.251 e. The van der Waals surface area contributed by atoms with E-state index < -0.39 is 11.6 Å². The van der Waals surface area contributed by atoms with Crippen LogP contribution in [0.5, 0.6) is 5.75 Å². The molecule has 5 heteroatoms. The minimum absolute atomic E-state index is 0.244. The van der Waals surface area contributed by atoms with Gasteiger partial charge in [-0.2, -0.15) is 0 Å². The molecule has 1 fully saturated rings. The van der Waals surface area contributed by atoms with Gasteiger partial charge in [0.1, 0.15) is 0 Å². The molecule has 1 amide bonds. The van der Waals surface area contributed by atoms with Crippen LogP contribution in [0.4, 0.5) is 10.1 Å². The highest BCUT2D eigenvalue weighted by molar-refractivity contribution is 6.04. The predicted octanol–water partition coefficient (Wildman–Crippen LogP) is 1.39. The van der Waals surface area contributed by atoms with Gasteiger partial charge in [0.15, 0.2) is 11.6 Å². The van der Waals surface area contributed by atoms with Gasteiger partial charge in [0.2, 0.25) is 0 Å². The molecule has 0 aromatic heterocycles. The molecule has 0 unspecified atom stereocenters. The monoisotopic (exact) mass is 236 g/mol. The molecule has 90 valence electrons. The Morgan fingerprint density at radius 2 is 2.18 bits per heavy atom. The van der Waals surface area contributed by atoms with E-state index in [9.17, 15) is 9.18 Å². The number of phenols is 1. The van der Waals surface area contributed by atoms with Crippen molar-refractivity contribution in [2.24, 2.45) is 0 Å². The highest BCUT2D eigenvalue weighted by atomic mass is 19.1. The number of hydrogen-bond donors (Lipinski definition) is 3. The first kappa shape index (κ1) is 11.6. The lowest BCUT2D eigenvalue weighted by Gasteiger charge is -2.21. The molecule has 0 bridgehead atoms. The molecule has 0 spiro atoms. The molecule has 0 atom stereocenters. The molecule has 17 heavy (non-hydrogen) atoms. The van der Waals surface area contributed by atoms with Crippen LogP contribution in [0.3, 0.4) is 0 Å². The second-order valence-electron chi connectivity index (χ2n) is 3.95. The Bertz CT molecular complexity index is 491. The van der Waals surface area contributed by atoms with E-state index in [0.29, 0.717) is 11.3 Å². The van der Waals surface area contributed by atoms with E-state index in [1.54, 1.807) is 6.92 Å². The van der Waals surface area contributed by atoms with Crippen molar-refractivity contribution in [1.82, 2.24) is 5.32 Å². The van der Waals surface area contributed by atoms with E-state index in [4.69, 9.17) is 5.11 Å². The van der Waals surface area contributed by atoms with Crippen molar-refractivity contribution in [2.45, 2.75) is 6.92 Å².